The van der Waals surface area contributed by atoms with Crippen molar-refractivity contribution in [2.75, 3.05) is 11.9 Å². The molecule has 0 atom stereocenters. The summed E-state index contributed by atoms with van der Waals surface area (Å²) in [6.07, 6.45) is 5.25. The molecular formula is C18H19N3O4S2. The molecule has 2 fully saturated rings. The van der Waals surface area contributed by atoms with Crippen LogP contribution in [0, 0.1) is 5.92 Å². The van der Waals surface area contributed by atoms with Gasteiger partial charge < -0.3 is 4.84 Å². The van der Waals surface area contributed by atoms with Crippen molar-refractivity contribution in [1.29, 1.82) is 0 Å². The lowest BCUT2D eigenvalue weighted by molar-refractivity contribution is -0.110. The van der Waals surface area contributed by atoms with Crippen LogP contribution >= 0.6 is 11.3 Å². The van der Waals surface area contributed by atoms with E-state index >= 15 is 0 Å². The second kappa shape index (κ2) is 7.40. The number of aromatic nitrogens is 1. The number of thiazole rings is 1. The van der Waals surface area contributed by atoms with Crippen LogP contribution in [0.4, 0.5) is 5.13 Å². The zero-order chi connectivity index (χ0) is 18.9. The van der Waals surface area contributed by atoms with Crippen LogP contribution in [-0.4, -0.2) is 36.9 Å². The topological polar surface area (TPSA) is 97.7 Å². The molecule has 2 saturated carbocycles. The number of hydrogen-bond acceptors (Lipinski definition) is 7. The van der Waals surface area contributed by atoms with Crippen LogP contribution in [0.5, 0.6) is 0 Å². The fourth-order valence-electron chi connectivity index (χ4n) is 2.53. The molecule has 1 N–H and O–H groups in total. The van der Waals surface area contributed by atoms with E-state index < -0.39 is 15.7 Å². The number of rotatable bonds is 8. The van der Waals surface area contributed by atoms with E-state index in [4.69, 9.17) is 4.84 Å². The van der Waals surface area contributed by atoms with Crippen LogP contribution in [0.2, 0.25) is 0 Å². The maximum atomic E-state index is 12.6. The van der Waals surface area contributed by atoms with Gasteiger partial charge in [0, 0.05) is 17.1 Å². The number of nitrogens with one attached hydrogen (secondary N) is 1. The molecule has 1 aromatic carbocycles. The highest BCUT2D eigenvalue weighted by atomic mass is 32.2. The second-order valence-electron chi connectivity index (χ2n) is 6.74. The molecule has 1 aromatic heterocycles. The first-order valence-electron chi connectivity index (χ1n) is 8.79. The number of carbonyl (C=O) groups is 1. The van der Waals surface area contributed by atoms with Gasteiger partial charge in [-0.25, -0.2) is 13.4 Å². The van der Waals surface area contributed by atoms with Gasteiger partial charge in [-0.05, 0) is 43.7 Å². The molecule has 0 unspecified atom stereocenters. The number of nitrogens with zero attached hydrogens (tertiary/aromatic N) is 2. The molecule has 142 valence electrons. The average Bonchev–Trinajstić information content (AvgIpc) is 3.58. The minimum Gasteiger partial charge on any atom is -0.395 e. The number of oxime groups is 1. The van der Waals surface area contributed by atoms with Gasteiger partial charge in [0.25, 0.3) is 5.91 Å². The van der Waals surface area contributed by atoms with E-state index in [1.165, 1.54) is 23.5 Å². The maximum absolute atomic E-state index is 12.6. The Morgan fingerprint density at radius 2 is 1.96 bits per heavy atom. The van der Waals surface area contributed by atoms with Crippen LogP contribution in [0.15, 0.2) is 45.9 Å². The number of amides is 1. The molecule has 7 nitrogen and oxygen atoms in total. The van der Waals surface area contributed by atoms with E-state index in [0.717, 1.165) is 12.8 Å². The van der Waals surface area contributed by atoms with Crippen molar-refractivity contribution in [1.82, 2.24) is 4.98 Å². The summed E-state index contributed by atoms with van der Waals surface area (Å²) in [6.45, 7) is 0.474. The smallest absolute Gasteiger partial charge is 0.280 e. The van der Waals surface area contributed by atoms with Crippen LogP contribution in [0.1, 0.15) is 31.2 Å². The van der Waals surface area contributed by atoms with Crippen molar-refractivity contribution < 1.29 is 18.0 Å². The van der Waals surface area contributed by atoms with Crippen molar-refractivity contribution >= 4 is 37.9 Å². The van der Waals surface area contributed by atoms with Crippen LogP contribution in [0.25, 0.3) is 0 Å². The number of anilines is 1. The summed E-state index contributed by atoms with van der Waals surface area (Å²) < 4.78 is 24.7. The molecule has 0 radical (unpaired) electrons. The van der Waals surface area contributed by atoms with E-state index in [0.29, 0.717) is 36.1 Å². The largest absolute Gasteiger partial charge is 0.395 e. The zero-order valence-corrected chi connectivity index (χ0v) is 16.1. The summed E-state index contributed by atoms with van der Waals surface area (Å²) in [4.78, 5) is 22.3. The Morgan fingerprint density at radius 1 is 1.22 bits per heavy atom. The molecule has 0 saturated heterocycles. The lowest BCUT2D eigenvalue weighted by Crippen LogP contribution is -2.24. The third-order valence-electron chi connectivity index (χ3n) is 4.45. The first-order valence-corrected chi connectivity index (χ1v) is 11.2. The quantitative estimate of drug-likeness (QED) is 0.538. The number of benzene rings is 1. The molecule has 27 heavy (non-hydrogen) atoms. The summed E-state index contributed by atoms with van der Waals surface area (Å²) in [6, 6.07) is 6.23. The number of hydrogen-bond donors (Lipinski definition) is 1. The SMILES string of the molecule is O=C(Nc1nccs1)/C(=N/OCC1CC1)c1ccc(S(=O)(=O)C2CC2)cc1. The van der Waals surface area contributed by atoms with Gasteiger partial charge in [-0.1, -0.05) is 17.3 Å². The predicted octanol–water partition coefficient (Wildman–Crippen LogP) is 2.85. The van der Waals surface area contributed by atoms with Crippen molar-refractivity contribution in [2.24, 2.45) is 11.1 Å². The lowest BCUT2D eigenvalue weighted by atomic mass is 10.1. The van der Waals surface area contributed by atoms with E-state index in [1.54, 1.807) is 23.7 Å². The summed E-state index contributed by atoms with van der Waals surface area (Å²) >= 11 is 1.30. The first-order chi connectivity index (χ1) is 13.0. The lowest BCUT2D eigenvalue weighted by Gasteiger charge is -2.08. The fourth-order valence-corrected chi connectivity index (χ4v) is 4.71. The van der Waals surface area contributed by atoms with Crippen LogP contribution in [0.3, 0.4) is 0 Å². The van der Waals surface area contributed by atoms with Gasteiger partial charge in [-0.2, -0.15) is 0 Å². The maximum Gasteiger partial charge on any atom is 0.280 e. The highest BCUT2D eigenvalue weighted by Crippen LogP contribution is 2.33. The van der Waals surface area contributed by atoms with Gasteiger partial charge in [0.1, 0.15) is 6.61 Å². The van der Waals surface area contributed by atoms with E-state index in [-0.39, 0.29) is 15.9 Å². The fraction of sp³-hybridized carbons (Fsp3) is 0.389. The zero-order valence-electron chi connectivity index (χ0n) is 14.5. The monoisotopic (exact) mass is 405 g/mol. The van der Waals surface area contributed by atoms with E-state index in [1.807, 2.05) is 0 Å². The molecule has 1 heterocycles. The minimum absolute atomic E-state index is 0.0984. The third-order valence-corrected chi connectivity index (χ3v) is 7.42. The van der Waals surface area contributed by atoms with Crippen molar-refractivity contribution in [3.8, 4) is 0 Å². The second-order valence-corrected chi connectivity index (χ2v) is 9.86. The minimum atomic E-state index is -3.27. The number of sulfone groups is 1. The van der Waals surface area contributed by atoms with Gasteiger partial charge in [0.2, 0.25) is 0 Å². The van der Waals surface area contributed by atoms with Gasteiger partial charge in [-0.15, -0.1) is 11.3 Å². The summed E-state index contributed by atoms with van der Waals surface area (Å²) in [5, 5.41) is 8.66. The molecule has 0 aliphatic heterocycles. The Morgan fingerprint density at radius 3 is 2.56 bits per heavy atom. The summed E-state index contributed by atoms with van der Waals surface area (Å²) in [5.41, 5.74) is 0.593. The Kier molecular flexibility index (Phi) is 4.96. The van der Waals surface area contributed by atoms with E-state index in [2.05, 4.69) is 15.5 Å². The molecular weight excluding hydrogens is 386 g/mol. The predicted molar refractivity (Wildman–Crippen MR) is 103 cm³/mol. The molecule has 1 amide bonds. The van der Waals surface area contributed by atoms with Crippen molar-refractivity contribution in [2.45, 2.75) is 35.8 Å². The Bertz CT molecular complexity index is 945. The first kappa shape index (κ1) is 18.1. The molecule has 2 aliphatic carbocycles. The van der Waals surface area contributed by atoms with Crippen molar-refractivity contribution in [3.63, 3.8) is 0 Å². The summed E-state index contributed by atoms with van der Waals surface area (Å²) in [5.74, 6) is 0.0571. The van der Waals surface area contributed by atoms with E-state index in [9.17, 15) is 13.2 Å². The molecule has 2 aliphatic rings. The summed E-state index contributed by atoms with van der Waals surface area (Å²) in [7, 11) is -3.27. The van der Waals surface area contributed by atoms with Gasteiger partial charge in [-0.3, -0.25) is 10.1 Å². The Balaban J connectivity index is 1.55. The van der Waals surface area contributed by atoms with Gasteiger partial charge >= 0.3 is 0 Å². The molecule has 0 bridgehead atoms. The third kappa shape index (κ3) is 4.36. The molecule has 9 heteroatoms. The van der Waals surface area contributed by atoms with Crippen LogP contribution < -0.4 is 5.32 Å². The highest BCUT2D eigenvalue weighted by Gasteiger charge is 2.36. The van der Waals surface area contributed by atoms with Gasteiger partial charge in [0.05, 0.1) is 10.1 Å². The number of carbonyl (C=O) groups excluding carboxylic acids is 1. The van der Waals surface area contributed by atoms with Gasteiger partial charge in [0.15, 0.2) is 20.7 Å². The Hall–Kier alpha value is -2.26. The standard InChI is InChI=1S/C18H19N3O4S2/c22-17(20-18-19-9-10-26-18)16(21-25-11-12-1-2-12)13-3-5-14(6-4-13)27(23,24)15-7-8-15/h3-6,9-10,12,15H,1-2,7-8,11H2,(H,19,20,22)/b21-16+. The van der Waals surface area contributed by atoms with Crippen molar-refractivity contribution in [3.05, 3.63) is 41.4 Å². The normalized spacial score (nSPS) is 17.6. The molecule has 2 aromatic rings. The Labute approximate surface area is 161 Å². The average molecular weight is 406 g/mol. The molecule has 4 rings (SSSR count). The highest BCUT2D eigenvalue weighted by molar-refractivity contribution is 7.92. The molecule has 0 spiro atoms. The van der Waals surface area contributed by atoms with Crippen LogP contribution in [-0.2, 0) is 19.5 Å².